The van der Waals surface area contributed by atoms with E-state index in [1.807, 2.05) is 38.1 Å². The van der Waals surface area contributed by atoms with Crippen molar-refractivity contribution in [2.75, 3.05) is 13.2 Å². The van der Waals surface area contributed by atoms with Crippen LogP contribution in [0.2, 0.25) is 5.02 Å². The van der Waals surface area contributed by atoms with Gasteiger partial charge in [0.15, 0.2) is 6.61 Å². The Hall–Kier alpha value is -2.53. The summed E-state index contributed by atoms with van der Waals surface area (Å²) in [5, 5.41) is 3.50. The van der Waals surface area contributed by atoms with Gasteiger partial charge in [-0.1, -0.05) is 62.2 Å². The summed E-state index contributed by atoms with van der Waals surface area (Å²) in [6.45, 7) is 6.79. The minimum absolute atomic E-state index is 0.129. The van der Waals surface area contributed by atoms with Gasteiger partial charge < -0.3 is 15.0 Å². The molecule has 2 rings (SSSR count). The number of carbonyl (C=O) groups is 2. The van der Waals surface area contributed by atoms with Gasteiger partial charge in [0.1, 0.15) is 11.8 Å². The normalized spacial score (nSPS) is 11.6. The van der Waals surface area contributed by atoms with Crippen molar-refractivity contribution in [2.45, 2.75) is 52.6 Å². The van der Waals surface area contributed by atoms with Crippen LogP contribution < -0.4 is 10.1 Å². The number of unbranched alkanes of at least 4 members (excludes halogenated alkanes) is 1. The first-order valence-electron chi connectivity index (χ1n) is 10.5. The second-order valence-electron chi connectivity index (χ2n) is 7.26. The summed E-state index contributed by atoms with van der Waals surface area (Å²) in [6.07, 6.45) is 2.43. The zero-order valence-electron chi connectivity index (χ0n) is 18.0. The second kappa shape index (κ2) is 12.2. The summed E-state index contributed by atoms with van der Waals surface area (Å²) in [6, 6.07) is 14.2. The lowest BCUT2D eigenvalue weighted by molar-refractivity contribution is -0.143. The summed E-state index contributed by atoms with van der Waals surface area (Å²) in [5.41, 5.74) is 2.08. The first kappa shape index (κ1) is 23.7. The molecular weight excluding hydrogens is 400 g/mol. The maximum absolute atomic E-state index is 13.1. The first-order valence-corrected chi connectivity index (χ1v) is 10.8. The number of carbonyl (C=O) groups excluding carboxylic acids is 2. The summed E-state index contributed by atoms with van der Waals surface area (Å²) >= 11 is 5.99. The lowest BCUT2D eigenvalue weighted by Gasteiger charge is -2.31. The topological polar surface area (TPSA) is 58.6 Å². The van der Waals surface area contributed by atoms with E-state index in [9.17, 15) is 9.59 Å². The van der Waals surface area contributed by atoms with Gasteiger partial charge in [0.05, 0.1) is 0 Å². The van der Waals surface area contributed by atoms with Crippen molar-refractivity contribution in [3.05, 3.63) is 64.7 Å². The fourth-order valence-electron chi connectivity index (χ4n) is 3.18. The second-order valence-corrected chi connectivity index (χ2v) is 7.70. The molecule has 0 radical (unpaired) electrons. The van der Waals surface area contributed by atoms with Crippen LogP contribution in [0.3, 0.4) is 0 Å². The van der Waals surface area contributed by atoms with Crippen LogP contribution in [-0.2, 0) is 16.1 Å². The number of rotatable bonds is 11. The minimum Gasteiger partial charge on any atom is -0.484 e. The number of hydrogen-bond acceptors (Lipinski definition) is 3. The standard InChI is InChI=1S/C24H31ClN2O3/c1-4-6-14-26-24(29)22(5-2)27(16-19-11-8-7-10-18(19)3)23(28)17-30-21-13-9-12-20(25)15-21/h7-13,15,22H,4-6,14,16-17H2,1-3H3,(H,26,29)/t22-/m1/s1. The third kappa shape index (κ3) is 7.06. The molecule has 0 saturated heterocycles. The van der Waals surface area contributed by atoms with Crippen LogP contribution in [-0.4, -0.2) is 35.9 Å². The van der Waals surface area contributed by atoms with E-state index in [2.05, 4.69) is 12.2 Å². The molecule has 1 N–H and O–H groups in total. The van der Waals surface area contributed by atoms with E-state index in [-0.39, 0.29) is 18.4 Å². The number of aryl methyl sites for hydroxylation is 1. The molecule has 2 aromatic rings. The Balaban J connectivity index is 2.19. The molecule has 2 aromatic carbocycles. The molecule has 0 aliphatic heterocycles. The number of nitrogens with zero attached hydrogens (tertiary/aromatic N) is 1. The molecule has 2 amide bonds. The summed E-state index contributed by atoms with van der Waals surface area (Å²) in [4.78, 5) is 27.6. The van der Waals surface area contributed by atoms with Crippen molar-refractivity contribution in [3.8, 4) is 5.75 Å². The molecule has 0 fully saturated rings. The van der Waals surface area contributed by atoms with Gasteiger partial charge in [0.25, 0.3) is 5.91 Å². The van der Waals surface area contributed by atoms with Gasteiger partial charge in [0, 0.05) is 18.1 Å². The highest BCUT2D eigenvalue weighted by atomic mass is 35.5. The van der Waals surface area contributed by atoms with Gasteiger partial charge in [-0.05, 0) is 49.1 Å². The summed E-state index contributed by atoms with van der Waals surface area (Å²) < 4.78 is 5.66. The van der Waals surface area contributed by atoms with Crippen molar-refractivity contribution in [1.29, 1.82) is 0 Å². The molecule has 5 nitrogen and oxygen atoms in total. The minimum atomic E-state index is -0.558. The van der Waals surface area contributed by atoms with Crippen LogP contribution in [0.5, 0.6) is 5.75 Å². The highest BCUT2D eigenvalue weighted by Gasteiger charge is 2.29. The van der Waals surface area contributed by atoms with Crippen molar-refractivity contribution in [1.82, 2.24) is 10.2 Å². The van der Waals surface area contributed by atoms with Crippen LogP contribution in [0.1, 0.15) is 44.2 Å². The highest BCUT2D eigenvalue weighted by Crippen LogP contribution is 2.19. The van der Waals surface area contributed by atoms with E-state index in [1.54, 1.807) is 29.2 Å². The number of ether oxygens (including phenoxy) is 1. The molecule has 0 spiro atoms. The van der Waals surface area contributed by atoms with Gasteiger partial charge in [-0.2, -0.15) is 0 Å². The number of halogens is 1. The zero-order chi connectivity index (χ0) is 21.9. The lowest BCUT2D eigenvalue weighted by atomic mass is 10.1. The predicted molar refractivity (Wildman–Crippen MR) is 121 cm³/mol. The van der Waals surface area contributed by atoms with Crippen LogP contribution in [0.15, 0.2) is 48.5 Å². The van der Waals surface area contributed by atoms with E-state index in [1.165, 1.54) is 0 Å². The number of benzene rings is 2. The molecule has 0 heterocycles. The lowest BCUT2D eigenvalue weighted by Crippen LogP contribution is -2.50. The third-order valence-corrected chi connectivity index (χ3v) is 5.21. The molecule has 0 unspecified atom stereocenters. The van der Waals surface area contributed by atoms with E-state index in [4.69, 9.17) is 16.3 Å². The number of nitrogens with one attached hydrogen (secondary N) is 1. The molecule has 0 aromatic heterocycles. The Bertz CT molecular complexity index is 841. The highest BCUT2D eigenvalue weighted by molar-refractivity contribution is 6.30. The van der Waals surface area contributed by atoms with Crippen LogP contribution >= 0.6 is 11.6 Å². The molecule has 0 saturated carbocycles. The van der Waals surface area contributed by atoms with Crippen molar-refractivity contribution in [3.63, 3.8) is 0 Å². The van der Waals surface area contributed by atoms with Gasteiger partial charge in [-0.15, -0.1) is 0 Å². The van der Waals surface area contributed by atoms with Gasteiger partial charge in [-0.3, -0.25) is 9.59 Å². The average molecular weight is 431 g/mol. The Kier molecular flexibility index (Phi) is 9.68. The van der Waals surface area contributed by atoms with Gasteiger partial charge in [0.2, 0.25) is 5.91 Å². The van der Waals surface area contributed by atoms with Crippen LogP contribution in [0, 0.1) is 6.92 Å². The van der Waals surface area contributed by atoms with Crippen LogP contribution in [0.4, 0.5) is 0 Å². The van der Waals surface area contributed by atoms with Gasteiger partial charge in [-0.25, -0.2) is 0 Å². The summed E-state index contributed by atoms with van der Waals surface area (Å²) in [5.74, 6) is 0.151. The van der Waals surface area contributed by atoms with Crippen molar-refractivity contribution >= 4 is 23.4 Å². The molecule has 162 valence electrons. The SMILES string of the molecule is CCCCNC(=O)[C@@H](CC)N(Cc1ccccc1C)C(=O)COc1cccc(Cl)c1. The molecule has 30 heavy (non-hydrogen) atoms. The zero-order valence-corrected chi connectivity index (χ0v) is 18.7. The van der Waals surface area contributed by atoms with E-state index >= 15 is 0 Å². The van der Waals surface area contributed by atoms with Crippen LogP contribution in [0.25, 0.3) is 0 Å². The fourth-order valence-corrected chi connectivity index (χ4v) is 3.36. The van der Waals surface area contributed by atoms with Crippen molar-refractivity contribution in [2.24, 2.45) is 0 Å². The maximum atomic E-state index is 13.1. The molecular formula is C24H31ClN2O3. The fraction of sp³-hybridized carbons (Fsp3) is 0.417. The van der Waals surface area contributed by atoms with E-state index < -0.39 is 6.04 Å². The monoisotopic (exact) mass is 430 g/mol. The quantitative estimate of drug-likeness (QED) is 0.523. The van der Waals surface area contributed by atoms with E-state index in [0.29, 0.717) is 30.3 Å². The molecule has 0 aliphatic rings. The van der Waals surface area contributed by atoms with Gasteiger partial charge >= 0.3 is 0 Å². The van der Waals surface area contributed by atoms with E-state index in [0.717, 1.165) is 24.0 Å². The largest absolute Gasteiger partial charge is 0.484 e. The maximum Gasteiger partial charge on any atom is 0.261 e. The summed E-state index contributed by atoms with van der Waals surface area (Å²) in [7, 11) is 0. The Morgan fingerprint density at radius 2 is 1.90 bits per heavy atom. The third-order valence-electron chi connectivity index (χ3n) is 4.98. The Labute approximate surface area is 184 Å². The van der Waals surface area contributed by atoms with Crippen molar-refractivity contribution < 1.29 is 14.3 Å². The predicted octanol–water partition coefficient (Wildman–Crippen LogP) is 4.75. The Morgan fingerprint density at radius 3 is 2.57 bits per heavy atom. The average Bonchev–Trinajstić information content (AvgIpc) is 2.73. The molecule has 0 bridgehead atoms. The molecule has 6 heteroatoms. The smallest absolute Gasteiger partial charge is 0.261 e. The Morgan fingerprint density at radius 1 is 1.13 bits per heavy atom. The molecule has 0 aliphatic carbocycles. The first-order chi connectivity index (χ1) is 14.5. The molecule has 1 atom stereocenters. The number of hydrogen-bond donors (Lipinski definition) is 1. The number of amides is 2.